The topological polar surface area (TPSA) is 29.3 Å². The molecule has 1 aromatic carbocycles. The van der Waals surface area contributed by atoms with Gasteiger partial charge in [-0.2, -0.15) is 0 Å². The Kier molecular flexibility index (Phi) is 4.79. The highest BCUT2D eigenvalue weighted by Gasteiger charge is 2.11. The second-order valence-corrected chi connectivity index (χ2v) is 4.49. The number of hydrogen-bond acceptors (Lipinski definition) is 2. The van der Waals surface area contributed by atoms with Crippen LogP contribution in [0.3, 0.4) is 0 Å². The van der Waals surface area contributed by atoms with E-state index in [1.54, 1.807) is 0 Å². The zero-order valence-corrected chi connectivity index (χ0v) is 9.98. The van der Waals surface area contributed by atoms with Crippen LogP contribution in [-0.4, -0.2) is 23.5 Å². The molecule has 1 atom stereocenters. The second-order valence-electron chi connectivity index (χ2n) is 4.49. The first-order chi connectivity index (χ1) is 7.09. The van der Waals surface area contributed by atoms with Gasteiger partial charge in [0.2, 0.25) is 0 Å². The molecule has 0 saturated heterocycles. The number of rotatable bonds is 5. The van der Waals surface area contributed by atoms with Crippen molar-refractivity contribution in [1.29, 1.82) is 0 Å². The van der Waals surface area contributed by atoms with Crippen molar-refractivity contribution in [3.8, 4) is 0 Å². The van der Waals surface area contributed by atoms with Gasteiger partial charge in [0, 0.05) is 25.2 Å². The first-order valence-corrected chi connectivity index (χ1v) is 5.63. The fourth-order valence-electron chi connectivity index (χ4n) is 1.65. The van der Waals surface area contributed by atoms with E-state index in [2.05, 4.69) is 56.0 Å². The minimum atomic E-state index is 0.233. The summed E-state index contributed by atoms with van der Waals surface area (Å²) in [5, 5.41) is 0. The molecular formula is C13H22N2. The van der Waals surface area contributed by atoms with Crippen molar-refractivity contribution in [2.45, 2.75) is 39.4 Å². The van der Waals surface area contributed by atoms with Crippen molar-refractivity contribution in [2.24, 2.45) is 5.73 Å². The largest absolute Gasteiger partial charge is 0.327 e. The maximum absolute atomic E-state index is 5.84. The number of nitrogens with zero attached hydrogens (tertiary/aromatic N) is 1. The van der Waals surface area contributed by atoms with Crippen LogP contribution in [0.5, 0.6) is 0 Å². The monoisotopic (exact) mass is 206 g/mol. The van der Waals surface area contributed by atoms with Crippen LogP contribution in [0, 0.1) is 0 Å². The van der Waals surface area contributed by atoms with Crippen LogP contribution < -0.4 is 5.73 Å². The molecule has 0 saturated carbocycles. The van der Waals surface area contributed by atoms with Crippen LogP contribution in [0.4, 0.5) is 0 Å². The molecule has 0 heterocycles. The van der Waals surface area contributed by atoms with Gasteiger partial charge in [0.15, 0.2) is 0 Å². The van der Waals surface area contributed by atoms with Crippen molar-refractivity contribution in [3.05, 3.63) is 35.9 Å². The average Bonchev–Trinajstić information content (AvgIpc) is 2.17. The summed E-state index contributed by atoms with van der Waals surface area (Å²) in [5.74, 6) is 0. The van der Waals surface area contributed by atoms with Gasteiger partial charge < -0.3 is 5.73 Å². The summed E-state index contributed by atoms with van der Waals surface area (Å²) in [4.78, 5) is 2.40. The second kappa shape index (κ2) is 5.89. The average molecular weight is 206 g/mol. The third-order valence-corrected chi connectivity index (χ3v) is 2.48. The summed E-state index contributed by atoms with van der Waals surface area (Å²) in [6.07, 6.45) is 0. The van der Waals surface area contributed by atoms with Crippen molar-refractivity contribution in [3.63, 3.8) is 0 Å². The molecule has 0 aliphatic rings. The van der Waals surface area contributed by atoms with Gasteiger partial charge in [-0.1, -0.05) is 30.3 Å². The molecule has 15 heavy (non-hydrogen) atoms. The molecule has 0 amide bonds. The molecule has 0 bridgehead atoms. The summed E-state index contributed by atoms with van der Waals surface area (Å²) in [6.45, 7) is 8.42. The Morgan fingerprint density at radius 1 is 1.13 bits per heavy atom. The molecule has 1 rings (SSSR count). The van der Waals surface area contributed by atoms with Gasteiger partial charge in [0.1, 0.15) is 0 Å². The Labute approximate surface area is 93.1 Å². The van der Waals surface area contributed by atoms with E-state index in [-0.39, 0.29) is 6.04 Å². The van der Waals surface area contributed by atoms with Crippen LogP contribution in [0.2, 0.25) is 0 Å². The molecule has 0 unspecified atom stereocenters. The third kappa shape index (κ3) is 4.45. The molecule has 0 spiro atoms. The maximum atomic E-state index is 5.84. The van der Waals surface area contributed by atoms with E-state index < -0.39 is 0 Å². The van der Waals surface area contributed by atoms with Gasteiger partial charge in [0.05, 0.1) is 0 Å². The highest BCUT2D eigenvalue weighted by atomic mass is 15.2. The zero-order valence-electron chi connectivity index (χ0n) is 9.98. The lowest BCUT2D eigenvalue weighted by atomic mass is 10.1. The molecule has 0 aromatic heterocycles. The molecule has 84 valence electrons. The first kappa shape index (κ1) is 12.2. The maximum Gasteiger partial charge on any atom is 0.0237 e. The highest BCUT2D eigenvalue weighted by Crippen LogP contribution is 2.08. The lowest BCUT2D eigenvalue weighted by molar-refractivity contribution is 0.203. The van der Waals surface area contributed by atoms with Crippen LogP contribution in [0.15, 0.2) is 30.3 Å². The molecule has 2 N–H and O–H groups in total. The Morgan fingerprint density at radius 2 is 1.73 bits per heavy atom. The third-order valence-electron chi connectivity index (χ3n) is 2.48. The van der Waals surface area contributed by atoms with Gasteiger partial charge in [-0.3, -0.25) is 4.90 Å². The molecule has 0 radical (unpaired) electrons. The Balaban J connectivity index is 2.59. The van der Waals surface area contributed by atoms with Gasteiger partial charge in [0.25, 0.3) is 0 Å². The van der Waals surface area contributed by atoms with Gasteiger partial charge in [-0.05, 0) is 26.3 Å². The summed E-state index contributed by atoms with van der Waals surface area (Å²) < 4.78 is 0. The summed E-state index contributed by atoms with van der Waals surface area (Å²) >= 11 is 0. The predicted octanol–water partition coefficient (Wildman–Crippen LogP) is 2.24. The van der Waals surface area contributed by atoms with Gasteiger partial charge in [-0.15, -0.1) is 0 Å². The molecule has 2 heteroatoms. The predicted molar refractivity (Wildman–Crippen MR) is 65.6 cm³/mol. The van der Waals surface area contributed by atoms with Gasteiger partial charge >= 0.3 is 0 Å². The van der Waals surface area contributed by atoms with Crippen molar-refractivity contribution in [1.82, 2.24) is 4.90 Å². The Bertz CT molecular complexity index is 267. The van der Waals surface area contributed by atoms with Crippen LogP contribution in [0.1, 0.15) is 26.3 Å². The summed E-state index contributed by atoms with van der Waals surface area (Å²) in [5.41, 5.74) is 7.20. The first-order valence-electron chi connectivity index (χ1n) is 5.63. The Morgan fingerprint density at radius 3 is 2.20 bits per heavy atom. The lowest BCUT2D eigenvalue weighted by Gasteiger charge is -2.28. The van der Waals surface area contributed by atoms with E-state index >= 15 is 0 Å². The summed E-state index contributed by atoms with van der Waals surface area (Å²) in [6, 6.07) is 11.3. The Hall–Kier alpha value is -0.860. The van der Waals surface area contributed by atoms with Crippen molar-refractivity contribution < 1.29 is 0 Å². The SMILES string of the molecule is CC(C)N(Cc1ccccc1)C[C@@H](C)N. The van der Waals surface area contributed by atoms with E-state index in [4.69, 9.17) is 5.73 Å². The molecule has 1 aromatic rings. The quantitative estimate of drug-likeness (QED) is 0.800. The molecule has 0 aliphatic carbocycles. The minimum Gasteiger partial charge on any atom is -0.327 e. The molecule has 2 nitrogen and oxygen atoms in total. The van der Waals surface area contributed by atoms with Crippen LogP contribution >= 0.6 is 0 Å². The highest BCUT2D eigenvalue weighted by molar-refractivity contribution is 5.14. The van der Waals surface area contributed by atoms with Crippen molar-refractivity contribution in [2.75, 3.05) is 6.54 Å². The van der Waals surface area contributed by atoms with E-state index in [1.807, 2.05) is 0 Å². The zero-order chi connectivity index (χ0) is 11.3. The van der Waals surface area contributed by atoms with Gasteiger partial charge in [-0.25, -0.2) is 0 Å². The number of hydrogen-bond donors (Lipinski definition) is 1. The molecule has 0 aliphatic heterocycles. The standard InChI is InChI=1S/C13H22N2/c1-11(2)15(9-12(3)14)10-13-7-5-4-6-8-13/h4-8,11-12H,9-10,14H2,1-3H3/t12-/m1/s1. The number of nitrogens with two attached hydrogens (primary N) is 1. The smallest absolute Gasteiger partial charge is 0.0237 e. The summed E-state index contributed by atoms with van der Waals surface area (Å²) in [7, 11) is 0. The normalized spacial score (nSPS) is 13.5. The molecule has 0 fully saturated rings. The van der Waals surface area contributed by atoms with E-state index in [0.29, 0.717) is 6.04 Å². The fourth-order valence-corrected chi connectivity index (χ4v) is 1.65. The van der Waals surface area contributed by atoms with Crippen LogP contribution in [-0.2, 0) is 6.54 Å². The number of benzene rings is 1. The van der Waals surface area contributed by atoms with E-state index in [0.717, 1.165) is 13.1 Å². The minimum absolute atomic E-state index is 0.233. The fraction of sp³-hybridized carbons (Fsp3) is 0.538. The molecular weight excluding hydrogens is 184 g/mol. The van der Waals surface area contributed by atoms with Crippen LogP contribution in [0.25, 0.3) is 0 Å². The lowest BCUT2D eigenvalue weighted by Crippen LogP contribution is -2.39. The van der Waals surface area contributed by atoms with E-state index in [1.165, 1.54) is 5.56 Å². The van der Waals surface area contributed by atoms with Crippen molar-refractivity contribution >= 4 is 0 Å². The van der Waals surface area contributed by atoms with E-state index in [9.17, 15) is 0 Å².